The Morgan fingerprint density at radius 3 is 2.63 bits per heavy atom. The van der Waals surface area contributed by atoms with Gasteiger partial charge in [0.1, 0.15) is 11.6 Å². The lowest BCUT2D eigenvalue weighted by molar-refractivity contribution is -0.118. The monoisotopic (exact) mass is 432 g/mol. The number of aryl methyl sites for hydroxylation is 1. The number of amides is 1. The van der Waals surface area contributed by atoms with Crippen molar-refractivity contribution in [1.82, 2.24) is 14.5 Å². The Morgan fingerprint density at radius 2 is 1.97 bits per heavy atom. The van der Waals surface area contributed by atoms with Crippen LogP contribution in [-0.4, -0.2) is 49.5 Å². The molecule has 158 valence electrons. The number of nitrogens with zero attached hydrogens (tertiary/aromatic N) is 2. The van der Waals surface area contributed by atoms with Crippen LogP contribution in [0.25, 0.3) is 11.3 Å². The number of benzene rings is 2. The average Bonchev–Trinajstić information content (AvgIpc) is 3.15. The van der Waals surface area contributed by atoms with Crippen LogP contribution in [0.5, 0.6) is 5.75 Å². The summed E-state index contributed by atoms with van der Waals surface area (Å²) >= 11 is 0. The van der Waals surface area contributed by atoms with E-state index in [2.05, 4.69) is 15.5 Å². The first-order valence-electron chi connectivity index (χ1n) is 8.94. The molecule has 2 N–H and O–H groups in total. The SMILES string of the molecule is Cc1cc(S(=O)(=O)N(C)C)ccc1OCC(=O)Nc1cc(-c2cccc(F)c2)[nH]n1. The third-order valence-corrected chi connectivity index (χ3v) is 6.08. The number of aromatic nitrogens is 2. The Bertz CT molecular complexity index is 1180. The van der Waals surface area contributed by atoms with Gasteiger partial charge in [0.2, 0.25) is 10.0 Å². The van der Waals surface area contributed by atoms with E-state index in [1.165, 1.54) is 44.4 Å². The molecule has 0 aliphatic rings. The molecule has 1 heterocycles. The molecule has 3 rings (SSSR count). The highest BCUT2D eigenvalue weighted by Crippen LogP contribution is 2.24. The van der Waals surface area contributed by atoms with Gasteiger partial charge < -0.3 is 10.1 Å². The Kier molecular flexibility index (Phi) is 6.18. The molecule has 1 aromatic heterocycles. The molecule has 0 unspecified atom stereocenters. The van der Waals surface area contributed by atoms with Crippen molar-refractivity contribution in [2.75, 3.05) is 26.0 Å². The second kappa shape index (κ2) is 8.64. The summed E-state index contributed by atoms with van der Waals surface area (Å²) < 4.78 is 44.3. The van der Waals surface area contributed by atoms with E-state index in [0.29, 0.717) is 22.6 Å². The van der Waals surface area contributed by atoms with E-state index in [4.69, 9.17) is 4.74 Å². The summed E-state index contributed by atoms with van der Waals surface area (Å²) in [7, 11) is -0.643. The van der Waals surface area contributed by atoms with Gasteiger partial charge in [0.25, 0.3) is 5.91 Å². The zero-order chi connectivity index (χ0) is 21.9. The quantitative estimate of drug-likeness (QED) is 0.597. The minimum absolute atomic E-state index is 0.142. The van der Waals surface area contributed by atoms with Crippen molar-refractivity contribution in [3.05, 3.63) is 59.9 Å². The lowest BCUT2D eigenvalue weighted by Crippen LogP contribution is -2.22. The van der Waals surface area contributed by atoms with Crippen molar-refractivity contribution >= 4 is 21.7 Å². The van der Waals surface area contributed by atoms with Gasteiger partial charge in [-0.1, -0.05) is 12.1 Å². The van der Waals surface area contributed by atoms with E-state index in [-0.39, 0.29) is 23.1 Å². The largest absolute Gasteiger partial charge is 0.483 e. The number of nitrogens with one attached hydrogen (secondary N) is 2. The van der Waals surface area contributed by atoms with Gasteiger partial charge in [-0.15, -0.1) is 0 Å². The number of hydrogen-bond acceptors (Lipinski definition) is 5. The van der Waals surface area contributed by atoms with Crippen molar-refractivity contribution in [1.29, 1.82) is 0 Å². The zero-order valence-corrected chi connectivity index (χ0v) is 17.5. The van der Waals surface area contributed by atoms with Crippen LogP contribution in [0, 0.1) is 12.7 Å². The number of H-pyrrole nitrogens is 1. The van der Waals surface area contributed by atoms with Gasteiger partial charge in [-0.2, -0.15) is 5.10 Å². The van der Waals surface area contributed by atoms with E-state index in [1.54, 1.807) is 25.1 Å². The van der Waals surface area contributed by atoms with Crippen LogP contribution < -0.4 is 10.1 Å². The molecule has 0 fully saturated rings. The first-order valence-corrected chi connectivity index (χ1v) is 10.4. The fraction of sp³-hybridized carbons (Fsp3) is 0.200. The highest BCUT2D eigenvalue weighted by atomic mass is 32.2. The predicted octanol–water partition coefficient (Wildman–Crippen LogP) is 2.79. The minimum atomic E-state index is -3.55. The Balaban J connectivity index is 1.61. The molecule has 2 aromatic carbocycles. The third kappa shape index (κ3) is 4.84. The summed E-state index contributed by atoms with van der Waals surface area (Å²) in [6.45, 7) is 1.41. The van der Waals surface area contributed by atoms with Gasteiger partial charge >= 0.3 is 0 Å². The van der Waals surface area contributed by atoms with Crippen LogP contribution in [0.3, 0.4) is 0 Å². The molecular formula is C20H21FN4O4S. The van der Waals surface area contributed by atoms with Crippen LogP contribution in [0.1, 0.15) is 5.56 Å². The number of ether oxygens (including phenoxy) is 1. The normalized spacial score (nSPS) is 11.5. The second-order valence-corrected chi connectivity index (χ2v) is 8.88. The molecule has 0 spiro atoms. The van der Waals surface area contributed by atoms with E-state index in [0.717, 1.165) is 4.31 Å². The Labute approximate surface area is 173 Å². The lowest BCUT2D eigenvalue weighted by atomic mass is 10.1. The van der Waals surface area contributed by atoms with Crippen molar-refractivity contribution < 1.29 is 22.3 Å². The number of rotatable bonds is 7. The van der Waals surface area contributed by atoms with Gasteiger partial charge in [0.15, 0.2) is 12.4 Å². The molecule has 0 radical (unpaired) electrons. The number of carbonyl (C=O) groups excluding carboxylic acids is 1. The number of halogens is 1. The maximum absolute atomic E-state index is 13.3. The topological polar surface area (TPSA) is 104 Å². The van der Waals surface area contributed by atoms with Gasteiger partial charge in [-0.05, 0) is 42.8 Å². The molecule has 0 bridgehead atoms. The van der Waals surface area contributed by atoms with Crippen molar-refractivity contribution in [3.8, 4) is 17.0 Å². The van der Waals surface area contributed by atoms with E-state index >= 15 is 0 Å². The highest BCUT2D eigenvalue weighted by Gasteiger charge is 2.18. The number of hydrogen-bond donors (Lipinski definition) is 2. The Hall–Kier alpha value is -3.24. The van der Waals surface area contributed by atoms with Gasteiger partial charge in [0.05, 0.1) is 10.6 Å². The van der Waals surface area contributed by atoms with E-state index < -0.39 is 15.9 Å². The molecule has 0 saturated heterocycles. The molecule has 8 nitrogen and oxygen atoms in total. The number of sulfonamides is 1. The van der Waals surface area contributed by atoms with Gasteiger partial charge in [0, 0.05) is 25.7 Å². The van der Waals surface area contributed by atoms with Gasteiger partial charge in [-0.25, -0.2) is 17.1 Å². The summed E-state index contributed by atoms with van der Waals surface area (Å²) in [6.07, 6.45) is 0. The van der Waals surface area contributed by atoms with Crippen LogP contribution in [0.2, 0.25) is 0 Å². The van der Waals surface area contributed by atoms with Crippen LogP contribution in [-0.2, 0) is 14.8 Å². The molecule has 1 amide bonds. The van der Waals surface area contributed by atoms with Crippen molar-refractivity contribution in [3.63, 3.8) is 0 Å². The highest BCUT2D eigenvalue weighted by molar-refractivity contribution is 7.89. The molecule has 0 aliphatic heterocycles. The molecule has 0 saturated carbocycles. The molecule has 30 heavy (non-hydrogen) atoms. The molecule has 0 atom stereocenters. The lowest BCUT2D eigenvalue weighted by Gasteiger charge is -2.14. The summed E-state index contributed by atoms with van der Waals surface area (Å²) in [5, 5.41) is 9.30. The number of carbonyl (C=O) groups is 1. The van der Waals surface area contributed by atoms with Gasteiger partial charge in [-0.3, -0.25) is 9.89 Å². The smallest absolute Gasteiger partial charge is 0.263 e. The molecule has 3 aromatic rings. The van der Waals surface area contributed by atoms with Crippen molar-refractivity contribution in [2.45, 2.75) is 11.8 Å². The third-order valence-electron chi connectivity index (χ3n) is 4.26. The fourth-order valence-electron chi connectivity index (χ4n) is 2.67. The standard InChI is InChI=1S/C20H21FN4O4S/c1-13-9-16(30(27,28)25(2)3)7-8-18(13)29-12-20(26)22-19-11-17(23-24-19)14-5-4-6-15(21)10-14/h4-11H,12H2,1-3H3,(H2,22,23,24,26). The summed E-state index contributed by atoms with van der Waals surface area (Å²) in [5.41, 5.74) is 1.74. The maximum Gasteiger partial charge on any atom is 0.263 e. The summed E-state index contributed by atoms with van der Waals surface area (Å²) in [5.74, 6) is -0.158. The first-order chi connectivity index (χ1) is 14.2. The zero-order valence-electron chi connectivity index (χ0n) is 16.6. The Morgan fingerprint density at radius 1 is 1.20 bits per heavy atom. The second-order valence-electron chi connectivity index (χ2n) is 6.73. The minimum Gasteiger partial charge on any atom is -0.483 e. The van der Waals surface area contributed by atoms with Crippen LogP contribution >= 0.6 is 0 Å². The van der Waals surface area contributed by atoms with Crippen LogP contribution in [0.4, 0.5) is 10.2 Å². The summed E-state index contributed by atoms with van der Waals surface area (Å²) in [6, 6.07) is 12.0. The number of aromatic amines is 1. The molecule has 10 heteroatoms. The average molecular weight is 432 g/mol. The fourth-order valence-corrected chi connectivity index (χ4v) is 3.65. The van der Waals surface area contributed by atoms with E-state index in [1.807, 2.05) is 0 Å². The maximum atomic E-state index is 13.3. The predicted molar refractivity (Wildman–Crippen MR) is 110 cm³/mol. The first kappa shape index (κ1) is 21.5. The van der Waals surface area contributed by atoms with Crippen LogP contribution in [0.15, 0.2) is 53.4 Å². The summed E-state index contributed by atoms with van der Waals surface area (Å²) in [4.78, 5) is 12.3. The van der Waals surface area contributed by atoms with E-state index in [9.17, 15) is 17.6 Å². The van der Waals surface area contributed by atoms with Crippen molar-refractivity contribution in [2.24, 2.45) is 0 Å². The molecule has 0 aliphatic carbocycles. The molecular weight excluding hydrogens is 411 g/mol. The number of anilines is 1.